The minimum absolute atomic E-state index is 0.154. The Labute approximate surface area is 93.9 Å². The lowest BCUT2D eigenvalue weighted by molar-refractivity contribution is 0.629. The Hall–Kier alpha value is -1.35. The van der Waals surface area contributed by atoms with Gasteiger partial charge < -0.3 is 10.3 Å². The molecule has 0 spiro atoms. The van der Waals surface area contributed by atoms with E-state index in [2.05, 4.69) is 17.2 Å². The van der Waals surface area contributed by atoms with Gasteiger partial charge in [-0.2, -0.15) is 0 Å². The number of aromatic nitrogens is 1. The third-order valence-electron chi connectivity index (χ3n) is 3.47. The largest absolute Gasteiger partial charge is 0.358 e. The number of aryl methyl sites for hydroxylation is 1. The molecule has 0 bridgehead atoms. The summed E-state index contributed by atoms with van der Waals surface area (Å²) in [6.07, 6.45) is 1.14. The Kier molecular flexibility index (Phi) is 2.21. The molecule has 0 aliphatic carbocycles. The van der Waals surface area contributed by atoms with Crippen LogP contribution in [0.25, 0.3) is 10.9 Å². The lowest BCUT2D eigenvalue weighted by Gasteiger charge is -2.08. The first-order valence-electron chi connectivity index (χ1n) is 5.74. The summed E-state index contributed by atoms with van der Waals surface area (Å²) >= 11 is 0. The van der Waals surface area contributed by atoms with E-state index in [-0.39, 0.29) is 5.82 Å². The van der Waals surface area contributed by atoms with Crippen molar-refractivity contribution in [3.05, 3.63) is 35.3 Å². The van der Waals surface area contributed by atoms with Gasteiger partial charge in [-0.15, -0.1) is 0 Å². The summed E-state index contributed by atoms with van der Waals surface area (Å²) in [5, 5.41) is 4.41. The monoisotopic (exact) mass is 218 g/mol. The van der Waals surface area contributed by atoms with E-state index in [0.29, 0.717) is 5.92 Å². The molecule has 1 saturated heterocycles. The Bertz CT molecular complexity index is 524. The average molecular weight is 218 g/mol. The van der Waals surface area contributed by atoms with Crippen molar-refractivity contribution in [3.8, 4) is 0 Å². The standard InChI is InChI=1S/C13H15FN2/c1-8-13(9-4-5-15-7-9)11-6-10(14)2-3-12(11)16-8/h2-3,6,9,15-16H,4-5,7H2,1H3. The summed E-state index contributed by atoms with van der Waals surface area (Å²) in [6.45, 7) is 4.14. The lowest BCUT2D eigenvalue weighted by atomic mass is 9.95. The highest BCUT2D eigenvalue weighted by Crippen LogP contribution is 2.32. The predicted octanol–water partition coefficient (Wildman–Crippen LogP) is 2.69. The molecule has 1 atom stereocenters. The molecule has 2 aromatic rings. The maximum atomic E-state index is 13.3. The van der Waals surface area contributed by atoms with Crippen LogP contribution in [0.1, 0.15) is 23.6 Å². The maximum Gasteiger partial charge on any atom is 0.123 e. The van der Waals surface area contributed by atoms with Gasteiger partial charge in [-0.25, -0.2) is 4.39 Å². The molecule has 3 heteroatoms. The summed E-state index contributed by atoms with van der Waals surface area (Å²) in [6, 6.07) is 4.98. The second-order valence-corrected chi connectivity index (χ2v) is 4.54. The number of aromatic amines is 1. The van der Waals surface area contributed by atoms with Gasteiger partial charge >= 0.3 is 0 Å². The second-order valence-electron chi connectivity index (χ2n) is 4.54. The molecule has 0 amide bonds. The zero-order chi connectivity index (χ0) is 11.1. The molecule has 1 aliphatic rings. The van der Waals surface area contributed by atoms with Crippen LogP contribution in [0.3, 0.4) is 0 Å². The molecule has 1 aliphatic heterocycles. The lowest BCUT2D eigenvalue weighted by Crippen LogP contribution is -2.08. The third kappa shape index (κ3) is 1.43. The number of hydrogen-bond acceptors (Lipinski definition) is 1. The van der Waals surface area contributed by atoms with Crippen molar-refractivity contribution in [2.24, 2.45) is 0 Å². The molecule has 16 heavy (non-hydrogen) atoms. The van der Waals surface area contributed by atoms with Crippen LogP contribution in [0.15, 0.2) is 18.2 Å². The van der Waals surface area contributed by atoms with Crippen molar-refractivity contribution in [1.82, 2.24) is 10.3 Å². The number of halogens is 1. The van der Waals surface area contributed by atoms with Crippen LogP contribution < -0.4 is 5.32 Å². The zero-order valence-electron chi connectivity index (χ0n) is 9.31. The van der Waals surface area contributed by atoms with Crippen molar-refractivity contribution >= 4 is 10.9 Å². The van der Waals surface area contributed by atoms with Crippen LogP contribution in [0.5, 0.6) is 0 Å². The van der Waals surface area contributed by atoms with Crippen molar-refractivity contribution in [2.45, 2.75) is 19.3 Å². The fourth-order valence-electron chi connectivity index (χ4n) is 2.75. The predicted molar refractivity (Wildman–Crippen MR) is 63.2 cm³/mol. The molecule has 84 valence electrons. The summed E-state index contributed by atoms with van der Waals surface area (Å²) in [5.41, 5.74) is 3.51. The molecule has 0 radical (unpaired) electrons. The number of benzene rings is 1. The maximum absolute atomic E-state index is 13.3. The summed E-state index contributed by atoms with van der Waals surface area (Å²) in [7, 11) is 0. The minimum atomic E-state index is -0.154. The van der Waals surface area contributed by atoms with E-state index in [0.717, 1.165) is 30.4 Å². The molecule has 1 fully saturated rings. The Morgan fingerprint density at radius 3 is 3.00 bits per heavy atom. The zero-order valence-corrected chi connectivity index (χ0v) is 9.31. The van der Waals surface area contributed by atoms with Crippen molar-refractivity contribution in [1.29, 1.82) is 0 Å². The highest BCUT2D eigenvalue weighted by Gasteiger charge is 2.22. The fourth-order valence-corrected chi connectivity index (χ4v) is 2.75. The van der Waals surface area contributed by atoms with E-state index < -0.39 is 0 Å². The molecule has 2 heterocycles. The first-order chi connectivity index (χ1) is 7.75. The van der Waals surface area contributed by atoms with Crippen LogP contribution in [-0.2, 0) is 0 Å². The molecule has 1 unspecified atom stereocenters. The van der Waals surface area contributed by atoms with Crippen LogP contribution in [0, 0.1) is 12.7 Å². The first kappa shape index (κ1) is 9.85. The molecule has 2 N–H and O–H groups in total. The van der Waals surface area contributed by atoms with Crippen LogP contribution in [0.2, 0.25) is 0 Å². The molecule has 0 saturated carbocycles. The van der Waals surface area contributed by atoms with Gasteiger partial charge in [0.05, 0.1) is 0 Å². The molecule has 1 aromatic heterocycles. The smallest absolute Gasteiger partial charge is 0.123 e. The molecular weight excluding hydrogens is 203 g/mol. The van der Waals surface area contributed by atoms with E-state index >= 15 is 0 Å². The fraction of sp³-hybridized carbons (Fsp3) is 0.385. The highest BCUT2D eigenvalue weighted by atomic mass is 19.1. The van der Waals surface area contributed by atoms with Gasteiger partial charge in [-0.1, -0.05) is 0 Å². The number of rotatable bonds is 1. The van der Waals surface area contributed by atoms with Crippen molar-refractivity contribution in [3.63, 3.8) is 0 Å². The van der Waals surface area contributed by atoms with Gasteiger partial charge in [0.1, 0.15) is 5.82 Å². The van der Waals surface area contributed by atoms with E-state index in [1.54, 1.807) is 6.07 Å². The summed E-state index contributed by atoms with van der Waals surface area (Å²) in [4.78, 5) is 3.34. The highest BCUT2D eigenvalue weighted by molar-refractivity contribution is 5.85. The SMILES string of the molecule is Cc1[nH]c2ccc(F)cc2c1C1CCNC1. The van der Waals surface area contributed by atoms with Gasteiger partial charge in [0.15, 0.2) is 0 Å². The number of hydrogen-bond donors (Lipinski definition) is 2. The van der Waals surface area contributed by atoms with Gasteiger partial charge in [0.2, 0.25) is 0 Å². The topological polar surface area (TPSA) is 27.8 Å². The number of nitrogens with one attached hydrogen (secondary N) is 2. The van der Waals surface area contributed by atoms with Crippen molar-refractivity contribution < 1.29 is 4.39 Å². The van der Waals surface area contributed by atoms with Crippen LogP contribution in [0.4, 0.5) is 4.39 Å². The molecule has 2 nitrogen and oxygen atoms in total. The Morgan fingerprint density at radius 1 is 1.38 bits per heavy atom. The van der Waals surface area contributed by atoms with Gasteiger partial charge in [-0.05, 0) is 49.6 Å². The van der Waals surface area contributed by atoms with Gasteiger partial charge in [-0.3, -0.25) is 0 Å². The average Bonchev–Trinajstić information content (AvgIpc) is 2.83. The molecule has 3 rings (SSSR count). The number of H-pyrrole nitrogens is 1. The Balaban J connectivity index is 2.20. The minimum Gasteiger partial charge on any atom is -0.358 e. The molecular formula is C13H15FN2. The van der Waals surface area contributed by atoms with E-state index in [4.69, 9.17) is 0 Å². The third-order valence-corrected chi connectivity index (χ3v) is 3.47. The van der Waals surface area contributed by atoms with Gasteiger partial charge in [0.25, 0.3) is 0 Å². The van der Waals surface area contributed by atoms with Gasteiger partial charge in [0, 0.05) is 23.1 Å². The summed E-state index contributed by atoms with van der Waals surface area (Å²) < 4.78 is 13.3. The van der Waals surface area contributed by atoms with Crippen molar-refractivity contribution in [2.75, 3.05) is 13.1 Å². The van der Waals surface area contributed by atoms with E-state index in [1.807, 2.05) is 6.07 Å². The van der Waals surface area contributed by atoms with E-state index in [1.165, 1.54) is 17.3 Å². The number of fused-ring (bicyclic) bond motifs is 1. The summed E-state index contributed by atoms with van der Waals surface area (Å²) in [5.74, 6) is 0.370. The normalized spacial score (nSPS) is 20.8. The quantitative estimate of drug-likeness (QED) is 0.756. The first-order valence-corrected chi connectivity index (χ1v) is 5.74. The second kappa shape index (κ2) is 3.59. The van der Waals surface area contributed by atoms with Crippen LogP contribution in [-0.4, -0.2) is 18.1 Å². The van der Waals surface area contributed by atoms with E-state index in [9.17, 15) is 4.39 Å². The van der Waals surface area contributed by atoms with Crippen LogP contribution >= 0.6 is 0 Å². The Morgan fingerprint density at radius 2 is 2.25 bits per heavy atom. The molecule has 1 aromatic carbocycles.